The zero-order valence-corrected chi connectivity index (χ0v) is 20.2. The number of urea groups is 1. The Labute approximate surface area is 212 Å². The monoisotopic (exact) mass is 478 g/mol. The first-order valence-corrected chi connectivity index (χ1v) is 12.3. The largest absolute Gasteiger partial charge is 0.489 e. The molecular formula is C30H30N4O2. The molecule has 0 aliphatic carbocycles. The van der Waals surface area contributed by atoms with E-state index in [1.807, 2.05) is 35.2 Å². The Hall–Kier alpha value is -4.16. The summed E-state index contributed by atoms with van der Waals surface area (Å²) in [5, 5.41) is 2.91. The highest BCUT2D eigenvalue weighted by Crippen LogP contribution is 2.21. The second-order valence-corrected chi connectivity index (χ2v) is 8.93. The molecule has 36 heavy (non-hydrogen) atoms. The molecule has 0 unspecified atom stereocenters. The Bertz CT molecular complexity index is 1260. The van der Waals surface area contributed by atoms with Crippen LogP contribution in [0.25, 0.3) is 11.1 Å². The molecule has 1 saturated heterocycles. The highest BCUT2D eigenvalue weighted by molar-refractivity contribution is 5.89. The molecule has 0 bridgehead atoms. The van der Waals surface area contributed by atoms with Gasteiger partial charge in [-0.1, -0.05) is 66.7 Å². The maximum absolute atomic E-state index is 12.5. The molecule has 0 saturated carbocycles. The number of piperazine rings is 1. The number of hydrogen-bond acceptors (Lipinski definition) is 4. The molecule has 0 radical (unpaired) electrons. The van der Waals surface area contributed by atoms with Crippen molar-refractivity contribution in [3.05, 3.63) is 115 Å². The van der Waals surface area contributed by atoms with Gasteiger partial charge in [-0.15, -0.1) is 0 Å². The Kier molecular flexibility index (Phi) is 7.54. The molecule has 1 N–H and O–H groups in total. The first-order chi connectivity index (χ1) is 17.7. The van der Waals surface area contributed by atoms with E-state index in [4.69, 9.17) is 4.74 Å². The molecule has 2 heterocycles. The minimum absolute atomic E-state index is 0.0742. The van der Waals surface area contributed by atoms with Crippen LogP contribution in [0.2, 0.25) is 0 Å². The summed E-state index contributed by atoms with van der Waals surface area (Å²) in [5.41, 5.74) is 5.48. The van der Waals surface area contributed by atoms with Crippen molar-refractivity contribution in [3.8, 4) is 16.9 Å². The summed E-state index contributed by atoms with van der Waals surface area (Å²) in [7, 11) is 0. The molecule has 1 aliphatic rings. The number of carbonyl (C=O) groups excluding carboxylic acids is 1. The minimum Gasteiger partial charge on any atom is -0.489 e. The predicted octanol–water partition coefficient (Wildman–Crippen LogP) is 5.68. The molecular weight excluding hydrogens is 448 g/mol. The lowest BCUT2D eigenvalue weighted by molar-refractivity contribution is 0.143. The van der Waals surface area contributed by atoms with Gasteiger partial charge in [0.15, 0.2) is 0 Å². The van der Waals surface area contributed by atoms with Crippen molar-refractivity contribution >= 4 is 11.7 Å². The Balaban J connectivity index is 1.09. The fraction of sp³-hybridized carbons (Fsp3) is 0.200. The number of anilines is 1. The van der Waals surface area contributed by atoms with Crippen molar-refractivity contribution in [1.82, 2.24) is 14.8 Å². The van der Waals surface area contributed by atoms with Gasteiger partial charge in [0.2, 0.25) is 0 Å². The summed E-state index contributed by atoms with van der Waals surface area (Å²) in [6.45, 7) is 4.42. The average molecular weight is 479 g/mol. The number of pyridine rings is 1. The number of carbonyl (C=O) groups is 1. The van der Waals surface area contributed by atoms with Crippen LogP contribution in [0.3, 0.4) is 0 Å². The number of amides is 2. The lowest BCUT2D eigenvalue weighted by Crippen LogP contribution is -2.49. The van der Waals surface area contributed by atoms with Gasteiger partial charge in [0.05, 0.1) is 11.9 Å². The van der Waals surface area contributed by atoms with Crippen molar-refractivity contribution in [1.29, 1.82) is 0 Å². The third-order valence-electron chi connectivity index (χ3n) is 6.34. The number of benzene rings is 3. The van der Waals surface area contributed by atoms with E-state index in [-0.39, 0.29) is 6.03 Å². The third-order valence-corrected chi connectivity index (χ3v) is 6.34. The number of nitrogens with zero attached hydrogens (tertiary/aromatic N) is 3. The van der Waals surface area contributed by atoms with Crippen molar-refractivity contribution in [2.24, 2.45) is 0 Å². The number of hydrogen-bond donors (Lipinski definition) is 1. The first kappa shape index (κ1) is 23.6. The summed E-state index contributed by atoms with van der Waals surface area (Å²) in [5.74, 6) is 0.870. The van der Waals surface area contributed by atoms with Gasteiger partial charge in [0.25, 0.3) is 0 Å². The topological polar surface area (TPSA) is 57.7 Å². The maximum atomic E-state index is 12.5. The molecule has 6 heteroatoms. The molecule has 4 aromatic rings. The third kappa shape index (κ3) is 6.29. The van der Waals surface area contributed by atoms with Gasteiger partial charge in [-0.3, -0.25) is 9.88 Å². The summed E-state index contributed by atoms with van der Waals surface area (Å²) < 4.78 is 6.09. The van der Waals surface area contributed by atoms with Crippen LogP contribution in [-0.4, -0.2) is 47.0 Å². The van der Waals surface area contributed by atoms with Crippen molar-refractivity contribution < 1.29 is 9.53 Å². The highest BCUT2D eigenvalue weighted by Gasteiger charge is 2.21. The summed E-state index contributed by atoms with van der Waals surface area (Å²) in [6, 6.07) is 30.8. The van der Waals surface area contributed by atoms with Crippen LogP contribution < -0.4 is 10.1 Å². The number of rotatable bonds is 7. The van der Waals surface area contributed by atoms with Gasteiger partial charge in [-0.05, 0) is 46.5 Å². The lowest BCUT2D eigenvalue weighted by Gasteiger charge is -2.34. The van der Waals surface area contributed by atoms with Crippen molar-refractivity contribution in [2.75, 3.05) is 31.5 Å². The quantitative estimate of drug-likeness (QED) is 0.371. The fourth-order valence-corrected chi connectivity index (χ4v) is 4.33. The minimum atomic E-state index is -0.0742. The van der Waals surface area contributed by atoms with Gasteiger partial charge >= 0.3 is 6.03 Å². The maximum Gasteiger partial charge on any atom is 0.321 e. The van der Waals surface area contributed by atoms with E-state index in [0.717, 1.165) is 30.9 Å². The van der Waals surface area contributed by atoms with Crippen LogP contribution in [0.1, 0.15) is 11.1 Å². The number of ether oxygens (including phenoxy) is 1. The van der Waals surface area contributed by atoms with Crippen LogP contribution in [0, 0.1) is 0 Å². The van der Waals surface area contributed by atoms with Crippen molar-refractivity contribution in [3.63, 3.8) is 0 Å². The van der Waals surface area contributed by atoms with E-state index in [1.54, 1.807) is 12.4 Å². The van der Waals surface area contributed by atoms with E-state index in [1.165, 1.54) is 16.7 Å². The van der Waals surface area contributed by atoms with Crippen molar-refractivity contribution in [2.45, 2.75) is 13.2 Å². The Morgan fingerprint density at radius 1 is 0.806 bits per heavy atom. The SMILES string of the molecule is O=C(Nc1cccnc1)N1CCN(Cc2cccc(OCc3ccc(-c4ccccc4)cc3)c2)CC1. The Morgan fingerprint density at radius 3 is 2.33 bits per heavy atom. The molecule has 2 amide bonds. The molecule has 5 rings (SSSR count). The molecule has 182 valence electrons. The second-order valence-electron chi connectivity index (χ2n) is 8.93. The van der Waals surface area contributed by atoms with E-state index >= 15 is 0 Å². The first-order valence-electron chi connectivity index (χ1n) is 12.3. The molecule has 3 aromatic carbocycles. The van der Waals surface area contributed by atoms with E-state index in [0.29, 0.717) is 25.4 Å². The zero-order chi connectivity index (χ0) is 24.6. The normalized spacial score (nSPS) is 13.8. The van der Waals surface area contributed by atoms with Gasteiger partial charge < -0.3 is 15.0 Å². The smallest absolute Gasteiger partial charge is 0.321 e. The molecule has 0 spiro atoms. The van der Waals surface area contributed by atoms with Crippen LogP contribution in [0.5, 0.6) is 5.75 Å². The van der Waals surface area contributed by atoms with Gasteiger partial charge in [-0.2, -0.15) is 0 Å². The molecule has 0 atom stereocenters. The second kappa shape index (κ2) is 11.5. The molecule has 1 aliphatic heterocycles. The number of nitrogens with one attached hydrogen (secondary N) is 1. The van der Waals surface area contributed by atoms with E-state index in [2.05, 4.69) is 75.9 Å². The van der Waals surface area contributed by atoms with Crippen LogP contribution in [0.15, 0.2) is 103 Å². The highest BCUT2D eigenvalue weighted by atomic mass is 16.5. The van der Waals surface area contributed by atoms with Gasteiger partial charge in [0, 0.05) is 38.9 Å². The summed E-state index contributed by atoms with van der Waals surface area (Å²) in [6.07, 6.45) is 3.35. The molecule has 1 fully saturated rings. The number of aromatic nitrogens is 1. The molecule has 1 aromatic heterocycles. The predicted molar refractivity (Wildman–Crippen MR) is 143 cm³/mol. The van der Waals surface area contributed by atoms with Crippen LogP contribution in [0.4, 0.5) is 10.5 Å². The lowest BCUT2D eigenvalue weighted by atomic mass is 10.0. The van der Waals surface area contributed by atoms with E-state index in [9.17, 15) is 4.79 Å². The average Bonchev–Trinajstić information content (AvgIpc) is 2.94. The van der Waals surface area contributed by atoms with Gasteiger partial charge in [-0.25, -0.2) is 4.79 Å². The van der Waals surface area contributed by atoms with Gasteiger partial charge in [0.1, 0.15) is 12.4 Å². The molecule has 6 nitrogen and oxygen atoms in total. The van der Waals surface area contributed by atoms with Crippen LogP contribution in [-0.2, 0) is 13.2 Å². The fourth-order valence-electron chi connectivity index (χ4n) is 4.33. The standard InChI is InChI=1S/C30H30N4O2/c35-30(32-28-9-5-15-31-21-28)34-18-16-33(17-19-34)22-25-6-4-10-29(20-25)36-23-24-11-13-27(14-12-24)26-7-2-1-3-8-26/h1-15,20-21H,16-19,22-23H2,(H,32,35). The summed E-state index contributed by atoms with van der Waals surface area (Å²) in [4.78, 5) is 20.8. The Morgan fingerprint density at radius 2 is 1.58 bits per heavy atom. The van der Waals surface area contributed by atoms with Crippen LogP contribution >= 0.6 is 0 Å². The van der Waals surface area contributed by atoms with E-state index < -0.39 is 0 Å². The zero-order valence-electron chi connectivity index (χ0n) is 20.2. The summed E-state index contributed by atoms with van der Waals surface area (Å²) >= 11 is 0.